The summed E-state index contributed by atoms with van der Waals surface area (Å²) in [5, 5.41) is 6.80. The van der Waals surface area contributed by atoms with Gasteiger partial charge in [-0.25, -0.2) is 0 Å². The summed E-state index contributed by atoms with van der Waals surface area (Å²) in [5.41, 5.74) is 0.657. The third-order valence-corrected chi connectivity index (χ3v) is 4.16. The highest BCUT2D eigenvalue weighted by Crippen LogP contribution is 2.23. The molecular formula is C17H20N4O3. The van der Waals surface area contributed by atoms with E-state index in [4.69, 9.17) is 0 Å². The maximum Gasteiger partial charge on any atom is 0.261 e. The largest absolute Gasteiger partial charge is 0.352 e. The second-order valence-corrected chi connectivity index (χ2v) is 6.22. The first-order valence-electron chi connectivity index (χ1n) is 8.09. The third kappa shape index (κ3) is 3.45. The maximum absolute atomic E-state index is 12.2. The first kappa shape index (κ1) is 16.2. The number of carbonyl (C=O) groups is 2. The fourth-order valence-corrected chi connectivity index (χ4v) is 2.97. The Morgan fingerprint density at radius 3 is 3.00 bits per heavy atom. The van der Waals surface area contributed by atoms with E-state index in [9.17, 15) is 14.4 Å². The molecule has 1 aliphatic carbocycles. The molecule has 1 aliphatic rings. The molecule has 1 atom stereocenters. The Morgan fingerprint density at radius 2 is 2.25 bits per heavy atom. The molecular weight excluding hydrogens is 308 g/mol. The molecule has 2 heterocycles. The van der Waals surface area contributed by atoms with Gasteiger partial charge in [-0.05, 0) is 30.9 Å². The Bertz CT molecular complexity index is 808. The number of nitrogens with zero attached hydrogens (tertiary/aromatic N) is 2. The van der Waals surface area contributed by atoms with E-state index in [0.717, 1.165) is 0 Å². The predicted octanol–water partition coefficient (Wildman–Crippen LogP) is 1.16. The highest BCUT2D eigenvalue weighted by Gasteiger charge is 2.25. The summed E-state index contributed by atoms with van der Waals surface area (Å²) in [4.78, 5) is 39.2. The number of pyridine rings is 1. The van der Waals surface area contributed by atoms with Crippen molar-refractivity contribution in [3.63, 3.8) is 0 Å². The number of ketones is 1. The van der Waals surface area contributed by atoms with Crippen LogP contribution in [0.1, 0.15) is 46.2 Å². The monoisotopic (exact) mass is 328 g/mol. The number of hydrogen-bond donors (Lipinski definition) is 2. The van der Waals surface area contributed by atoms with E-state index in [1.165, 1.54) is 6.07 Å². The normalized spacial score (nSPS) is 16.7. The van der Waals surface area contributed by atoms with Crippen LogP contribution < -0.4 is 10.9 Å². The van der Waals surface area contributed by atoms with Crippen LogP contribution in [-0.2, 0) is 13.0 Å². The first-order valence-corrected chi connectivity index (χ1v) is 8.09. The average molecular weight is 328 g/mol. The molecule has 0 bridgehead atoms. The van der Waals surface area contributed by atoms with Crippen LogP contribution in [0, 0.1) is 5.92 Å². The molecule has 126 valence electrons. The summed E-state index contributed by atoms with van der Waals surface area (Å²) in [6.45, 7) is 3.09. The molecule has 2 N–H and O–H groups in total. The molecule has 1 unspecified atom stereocenters. The Kier molecular flexibility index (Phi) is 4.59. The van der Waals surface area contributed by atoms with Crippen molar-refractivity contribution >= 4 is 11.7 Å². The molecule has 0 spiro atoms. The van der Waals surface area contributed by atoms with Gasteiger partial charge in [0, 0.05) is 43.2 Å². The van der Waals surface area contributed by atoms with Gasteiger partial charge in [0.2, 0.25) is 0 Å². The smallest absolute Gasteiger partial charge is 0.261 e. The maximum atomic E-state index is 12.2. The van der Waals surface area contributed by atoms with E-state index in [-0.39, 0.29) is 17.3 Å². The van der Waals surface area contributed by atoms with Crippen LogP contribution in [0.4, 0.5) is 0 Å². The number of H-pyrrole nitrogens is 1. The zero-order valence-electron chi connectivity index (χ0n) is 13.5. The van der Waals surface area contributed by atoms with Gasteiger partial charge in [0.05, 0.1) is 0 Å². The molecule has 0 radical (unpaired) electrons. The number of fused-ring (bicyclic) bond motifs is 1. The van der Waals surface area contributed by atoms with Gasteiger partial charge in [-0.2, -0.15) is 5.10 Å². The van der Waals surface area contributed by atoms with Crippen LogP contribution in [0.3, 0.4) is 0 Å². The quantitative estimate of drug-likeness (QED) is 0.805. The lowest BCUT2D eigenvalue weighted by molar-refractivity contribution is 0.0950. The van der Waals surface area contributed by atoms with Crippen LogP contribution in [0.2, 0.25) is 0 Å². The van der Waals surface area contributed by atoms with Crippen molar-refractivity contribution in [2.24, 2.45) is 5.92 Å². The van der Waals surface area contributed by atoms with Gasteiger partial charge >= 0.3 is 0 Å². The molecule has 1 amide bonds. The van der Waals surface area contributed by atoms with E-state index in [0.29, 0.717) is 43.6 Å². The lowest BCUT2D eigenvalue weighted by Gasteiger charge is -2.20. The molecule has 7 heteroatoms. The highest BCUT2D eigenvalue weighted by molar-refractivity contribution is 6.01. The Morgan fingerprint density at radius 1 is 1.42 bits per heavy atom. The minimum atomic E-state index is -0.453. The van der Waals surface area contributed by atoms with E-state index in [1.807, 2.05) is 19.2 Å². The zero-order chi connectivity index (χ0) is 17.1. The number of hydrogen-bond acceptors (Lipinski definition) is 4. The Hall–Kier alpha value is -2.70. The number of Topliss-reactive ketones (excluding diaryl/α,β-unsaturated/α-hetero) is 1. The van der Waals surface area contributed by atoms with Gasteiger partial charge in [-0.15, -0.1) is 0 Å². The summed E-state index contributed by atoms with van der Waals surface area (Å²) < 4.78 is 1.78. The van der Waals surface area contributed by atoms with Crippen molar-refractivity contribution in [1.29, 1.82) is 0 Å². The Labute approximate surface area is 139 Å². The van der Waals surface area contributed by atoms with E-state index in [1.54, 1.807) is 10.9 Å². The fourth-order valence-electron chi connectivity index (χ4n) is 2.97. The van der Waals surface area contributed by atoms with Crippen LogP contribution in [0.25, 0.3) is 0 Å². The molecule has 0 saturated heterocycles. The SMILES string of the molecule is CC1CC(=O)c2cc(C(=O)NCCCn3cccn3)c(=O)[nH]c2C1. The van der Waals surface area contributed by atoms with Crippen molar-refractivity contribution in [2.45, 2.75) is 32.7 Å². The average Bonchev–Trinajstić information content (AvgIpc) is 3.04. The fraction of sp³-hybridized carbons (Fsp3) is 0.412. The van der Waals surface area contributed by atoms with Gasteiger partial charge < -0.3 is 10.3 Å². The summed E-state index contributed by atoms with van der Waals surface area (Å²) >= 11 is 0. The van der Waals surface area contributed by atoms with Gasteiger partial charge in [0.25, 0.3) is 11.5 Å². The topological polar surface area (TPSA) is 96.8 Å². The number of amides is 1. The number of carbonyl (C=O) groups excluding carboxylic acids is 2. The first-order chi connectivity index (χ1) is 11.5. The third-order valence-electron chi connectivity index (χ3n) is 4.16. The minimum absolute atomic E-state index is 0.00394. The summed E-state index contributed by atoms with van der Waals surface area (Å²) in [5.74, 6) is -0.263. The predicted molar refractivity (Wildman–Crippen MR) is 88.1 cm³/mol. The van der Waals surface area contributed by atoms with Crippen molar-refractivity contribution in [3.8, 4) is 0 Å². The number of aromatic nitrogens is 3. The van der Waals surface area contributed by atoms with Crippen molar-refractivity contribution in [3.05, 3.63) is 51.7 Å². The van der Waals surface area contributed by atoms with Crippen LogP contribution in [0.15, 0.2) is 29.3 Å². The van der Waals surface area contributed by atoms with Gasteiger partial charge in [0.15, 0.2) is 5.78 Å². The molecule has 0 aliphatic heterocycles. The molecule has 0 aromatic carbocycles. The Balaban J connectivity index is 1.65. The van der Waals surface area contributed by atoms with E-state index < -0.39 is 11.5 Å². The number of nitrogens with one attached hydrogen (secondary N) is 2. The van der Waals surface area contributed by atoms with Gasteiger partial charge in [-0.3, -0.25) is 19.1 Å². The van der Waals surface area contributed by atoms with Crippen LogP contribution in [0.5, 0.6) is 0 Å². The number of aryl methyl sites for hydroxylation is 1. The van der Waals surface area contributed by atoms with Gasteiger partial charge in [0.1, 0.15) is 5.56 Å². The van der Waals surface area contributed by atoms with E-state index in [2.05, 4.69) is 15.4 Å². The molecule has 3 rings (SSSR count). The molecule has 0 saturated carbocycles. The minimum Gasteiger partial charge on any atom is -0.352 e. The second-order valence-electron chi connectivity index (χ2n) is 6.22. The zero-order valence-corrected chi connectivity index (χ0v) is 13.5. The molecule has 24 heavy (non-hydrogen) atoms. The lowest BCUT2D eigenvalue weighted by atomic mass is 9.86. The number of rotatable bonds is 5. The van der Waals surface area contributed by atoms with Gasteiger partial charge in [-0.1, -0.05) is 6.92 Å². The molecule has 2 aromatic rings. The standard InChI is InChI=1S/C17H20N4O3/c1-11-8-14-12(15(22)9-11)10-13(17(24)20-14)16(23)18-4-2-6-21-7-3-5-19-21/h3,5,7,10-11H,2,4,6,8-9H2,1H3,(H,18,23)(H,20,24). The molecule has 0 fully saturated rings. The second kappa shape index (κ2) is 6.82. The van der Waals surface area contributed by atoms with Crippen LogP contribution >= 0.6 is 0 Å². The number of aromatic amines is 1. The molecule has 7 nitrogen and oxygen atoms in total. The van der Waals surface area contributed by atoms with Crippen molar-refractivity contribution < 1.29 is 9.59 Å². The summed E-state index contributed by atoms with van der Waals surface area (Å²) in [6, 6.07) is 3.27. The van der Waals surface area contributed by atoms with E-state index >= 15 is 0 Å². The molecule has 2 aromatic heterocycles. The highest BCUT2D eigenvalue weighted by atomic mass is 16.2. The summed E-state index contributed by atoms with van der Waals surface area (Å²) in [6.07, 6.45) is 5.35. The van der Waals surface area contributed by atoms with Crippen LogP contribution in [-0.4, -0.2) is 33.0 Å². The van der Waals surface area contributed by atoms with Crippen molar-refractivity contribution in [2.75, 3.05) is 6.54 Å². The van der Waals surface area contributed by atoms with Crippen molar-refractivity contribution in [1.82, 2.24) is 20.1 Å². The summed E-state index contributed by atoms with van der Waals surface area (Å²) in [7, 11) is 0. The lowest BCUT2D eigenvalue weighted by Crippen LogP contribution is -2.33.